The van der Waals surface area contributed by atoms with Gasteiger partial charge in [0.15, 0.2) is 5.79 Å². The van der Waals surface area contributed by atoms with Gasteiger partial charge < -0.3 is 19.1 Å². The second-order valence-corrected chi connectivity index (χ2v) is 5.15. The van der Waals surface area contributed by atoms with Gasteiger partial charge in [-0.25, -0.2) is 0 Å². The van der Waals surface area contributed by atoms with Gasteiger partial charge in [-0.1, -0.05) is 0 Å². The number of hydrogen-bond donors (Lipinski definition) is 0. The van der Waals surface area contributed by atoms with Crippen LogP contribution in [0.4, 0.5) is 0 Å². The minimum absolute atomic E-state index is 0.0395. The summed E-state index contributed by atoms with van der Waals surface area (Å²) in [4.78, 5) is 25.0. The van der Waals surface area contributed by atoms with Crippen molar-refractivity contribution in [2.75, 3.05) is 26.9 Å². The fourth-order valence-corrected chi connectivity index (χ4v) is 2.27. The zero-order chi connectivity index (χ0) is 13.3. The van der Waals surface area contributed by atoms with E-state index in [-0.39, 0.29) is 30.3 Å². The second kappa shape index (κ2) is 4.85. The van der Waals surface area contributed by atoms with Crippen LogP contribution in [0.1, 0.15) is 20.3 Å². The van der Waals surface area contributed by atoms with Gasteiger partial charge in [0.1, 0.15) is 0 Å². The number of likely N-dealkylation sites (tertiary alicyclic amines) is 1. The molecule has 0 aromatic rings. The molecule has 1 unspecified atom stereocenters. The van der Waals surface area contributed by atoms with Gasteiger partial charge >= 0.3 is 5.97 Å². The molecule has 2 rings (SSSR count). The highest BCUT2D eigenvalue weighted by molar-refractivity contribution is 5.87. The first kappa shape index (κ1) is 13.3. The van der Waals surface area contributed by atoms with E-state index in [1.54, 1.807) is 4.90 Å². The molecule has 0 radical (unpaired) electrons. The van der Waals surface area contributed by atoms with Gasteiger partial charge in [0.05, 0.1) is 32.3 Å². The van der Waals surface area contributed by atoms with E-state index in [2.05, 4.69) is 4.74 Å². The molecule has 0 N–H and O–H groups in total. The Balaban J connectivity index is 1.95. The fourth-order valence-electron chi connectivity index (χ4n) is 2.27. The van der Waals surface area contributed by atoms with Crippen molar-refractivity contribution in [2.24, 2.45) is 5.92 Å². The van der Waals surface area contributed by atoms with Crippen molar-refractivity contribution in [3.63, 3.8) is 0 Å². The van der Waals surface area contributed by atoms with Crippen LogP contribution in [-0.2, 0) is 23.8 Å². The Morgan fingerprint density at radius 2 is 2.00 bits per heavy atom. The van der Waals surface area contributed by atoms with Crippen molar-refractivity contribution >= 4 is 11.9 Å². The summed E-state index contributed by atoms with van der Waals surface area (Å²) in [6.07, 6.45) is 0.215. The number of ether oxygens (including phenoxy) is 3. The molecule has 102 valence electrons. The number of nitrogens with zero attached hydrogens (tertiary/aromatic N) is 1. The van der Waals surface area contributed by atoms with E-state index >= 15 is 0 Å². The lowest BCUT2D eigenvalue weighted by atomic mass is 10.1. The van der Waals surface area contributed by atoms with Crippen LogP contribution in [-0.4, -0.2) is 55.5 Å². The minimum atomic E-state index is -0.596. The topological polar surface area (TPSA) is 65.1 Å². The number of rotatable bonds is 2. The summed E-state index contributed by atoms with van der Waals surface area (Å²) in [5, 5.41) is 0. The van der Waals surface area contributed by atoms with Gasteiger partial charge in [-0.15, -0.1) is 0 Å². The van der Waals surface area contributed by atoms with Crippen LogP contribution in [0.3, 0.4) is 0 Å². The summed E-state index contributed by atoms with van der Waals surface area (Å²) in [6, 6.07) is -0.111. The Hall–Kier alpha value is -1.14. The lowest BCUT2D eigenvalue weighted by Crippen LogP contribution is -2.51. The predicted molar refractivity (Wildman–Crippen MR) is 61.6 cm³/mol. The van der Waals surface area contributed by atoms with E-state index in [0.29, 0.717) is 19.8 Å². The molecule has 1 atom stereocenters. The Morgan fingerprint density at radius 1 is 1.39 bits per heavy atom. The Kier molecular flexibility index (Phi) is 3.59. The molecule has 2 aliphatic rings. The third-order valence-electron chi connectivity index (χ3n) is 3.38. The third kappa shape index (κ3) is 2.64. The molecule has 0 aliphatic carbocycles. The molecule has 0 aromatic heterocycles. The lowest BCUT2D eigenvalue weighted by molar-refractivity contribution is -0.262. The molecule has 1 amide bonds. The van der Waals surface area contributed by atoms with Gasteiger partial charge in [-0.3, -0.25) is 9.59 Å². The summed E-state index contributed by atoms with van der Waals surface area (Å²) < 4.78 is 15.7. The standard InChI is InChI=1S/C12H19NO5/c1-12(2)17-6-9(7-18-12)13-5-8(4-10(13)14)11(15)16-3/h8-9H,4-7H2,1-3H3. The molecule has 6 nitrogen and oxygen atoms in total. The van der Waals surface area contributed by atoms with Gasteiger partial charge in [0.2, 0.25) is 5.91 Å². The van der Waals surface area contributed by atoms with Crippen LogP contribution < -0.4 is 0 Å². The Morgan fingerprint density at radius 3 is 2.56 bits per heavy atom. The molecule has 18 heavy (non-hydrogen) atoms. The molecular formula is C12H19NO5. The molecular weight excluding hydrogens is 238 g/mol. The zero-order valence-corrected chi connectivity index (χ0v) is 11.0. The van der Waals surface area contributed by atoms with E-state index in [1.165, 1.54) is 7.11 Å². The van der Waals surface area contributed by atoms with Gasteiger partial charge in [-0.05, 0) is 13.8 Å². The molecule has 2 saturated heterocycles. The molecule has 2 aliphatic heterocycles. The van der Waals surface area contributed by atoms with Crippen molar-refractivity contribution < 1.29 is 23.8 Å². The zero-order valence-electron chi connectivity index (χ0n) is 11.0. The van der Waals surface area contributed by atoms with Crippen molar-refractivity contribution in [2.45, 2.75) is 32.1 Å². The van der Waals surface area contributed by atoms with Gasteiger partial charge in [0.25, 0.3) is 0 Å². The summed E-state index contributed by atoms with van der Waals surface area (Å²) in [5.41, 5.74) is 0. The summed E-state index contributed by atoms with van der Waals surface area (Å²) in [7, 11) is 1.34. The first-order valence-electron chi connectivity index (χ1n) is 6.08. The SMILES string of the molecule is COC(=O)C1CC(=O)N(C2COC(C)(C)OC2)C1. The van der Waals surface area contributed by atoms with E-state index in [0.717, 1.165) is 0 Å². The van der Waals surface area contributed by atoms with Gasteiger partial charge in [-0.2, -0.15) is 0 Å². The second-order valence-electron chi connectivity index (χ2n) is 5.15. The van der Waals surface area contributed by atoms with E-state index < -0.39 is 5.79 Å². The maximum Gasteiger partial charge on any atom is 0.310 e. The largest absolute Gasteiger partial charge is 0.469 e. The minimum Gasteiger partial charge on any atom is -0.469 e. The predicted octanol–water partition coefficient (Wildman–Crippen LogP) is 0.159. The van der Waals surface area contributed by atoms with Crippen LogP contribution in [0.15, 0.2) is 0 Å². The molecule has 2 fully saturated rings. The smallest absolute Gasteiger partial charge is 0.310 e. The van der Waals surface area contributed by atoms with Crippen LogP contribution in [0.5, 0.6) is 0 Å². The summed E-state index contributed by atoms with van der Waals surface area (Å²) >= 11 is 0. The highest BCUT2D eigenvalue weighted by Gasteiger charge is 2.41. The monoisotopic (exact) mass is 257 g/mol. The lowest BCUT2D eigenvalue weighted by Gasteiger charge is -2.38. The Labute approximate surface area is 106 Å². The highest BCUT2D eigenvalue weighted by atomic mass is 16.7. The van der Waals surface area contributed by atoms with Crippen molar-refractivity contribution in [1.82, 2.24) is 4.90 Å². The van der Waals surface area contributed by atoms with Crippen LogP contribution in [0, 0.1) is 5.92 Å². The highest BCUT2D eigenvalue weighted by Crippen LogP contribution is 2.26. The van der Waals surface area contributed by atoms with Crippen LogP contribution in [0.25, 0.3) is 0 Å². The van der Waals surface area contributed by atoms with Crippen molar-refractivity contribution in [3.8, 4) is 0 Å². The molecule has 0 bridgehead atoms. The number of amides is 1. The van der Waals surface area contributed by atoms with Crippen LogP contribution in [0.2, 0.25) is 0 Å². The first-order chi connectivity index (χ1) is 8.43. The number of esters is 1. The quantitative estimate of drug-likeness (QED) is 0.659. The maximum atomic E-state index is 11.9. The Bertz CT molecular complexity index is 344. The molecule has 0 spiro atoms. The molecule has 0 aromatic carbocycles. The van der Waals surface area contributed by atoms with Gasteiger partial charge in [0, 0.05) is 13.0 Å². The number of methoxy groups -OCH3 is 1. The maximum absolute atomic E-state index is 11.9. The summed E-state index contributed by atoms with van der Waals surface area (Å²) in [6.45, 7) is 4.95. The van der Waals surface area contributed by atoms with Crippen molar-refractivity contribution in [1.29, 1.82) is 0 Å². The fraction of sp³-hybridized carbons (Fsp3) is 0.833. The van der Waals surface area contributed by atoms with Crippen LogP contribution >= 0.6 is 0 Å². The normalized spacial score (nSPS) is 28.5. The molecule has 0 saturated carbocycles. The molecule has 6 heteroatoms. The van der Waals surface area contributed by atoms with E-state index in [4.69, 9.17) is 9.47 Å². The number of carbonyl (C=O) groups is 2. The average molecular weight is 257 g/mol. The number of hydrogen-bond acceptors (Lipinski definition) is 5. The van der Waals surface area contributed by atoms with E-state index in [1.807, 2.05) is 13.8 Å². The van der Waals surface area contributed by atoms with E-state index in [9.17, 15) is 9.59 Å². The van der Waals surface area contributed by atoms with Crippen molar-refractivity contribution in [3.05, 3.63) is 0 Å². The first-order valence-corrected chi connectivity index (χ1v) is 6.08. The number of carbonyl (C=O) groups excluding carboxylic acids is 2. The summed E-state index contributed by atoms with van der Waals surface area (Å²) in [5.74, 6) is -1.33. The average Bonchev–Trinajstić information content (AvgIpc) is 2.70. The third-order valence-corrected chi connectivity index (χ3v) is 3.38. The molecule has 2 heterocycles.